The smallest absolute Gasteiger partial charge is 0.0464 e. The van der Waals surface area contributed by atoms with E-state index in [0.717, 1.165) is 22.9 Å². The van der Waals surface area contributed by atoms with E-state index >= 15 is 0 Å². The van der Waals surface area contributed by atoms with Gasteiger partial charge in [-0.05, 0) is 36.7 Å². The molecule has 0 spiro atoms. The molecular weight excluding hydrogens is 286 g/mol. The summed E-state index contributed by atoms with van der Waals surface area (Å²) in [6.45, 7) is 5.19. The zero-order valence-electron chi connectivity index (χ0n) is 11.9. The number of nitrogens with one attached hydrogen (secondary N) is 1. The van der Waals surface area contributed by atoms with E-state index in [1.165, 1.54) is 10.5 Å². The average Bonchev–Trinajstić information content (AvgIpc) is 2.46. The molecule has 0 fully saturated rings. The van der Waals surface area contributed by atoms with E-state index in [-0.39, 0.29) is 0 Å². The highest BCUT2D eigenvalue weighted by Gasteiger charge is 2.09. The van der Waals surface area contributed by atoms with Crippen LogP contribution in [0.3, 0.4) is 0 Å². The van der Waals surface area contributed by atoms with Gasteiger partial charge < -0.3 is 5.32 Å². The molecule has 0 saturated carbocycles. The van der Waals surface area contributed by atoms with E-state index in [1.54, 1.807) is 0 Å². The molecule has 20 heavy (non-hydrogen) atoms. The molecule has 0 saturated heterocycles. The Balaban J connectivity index is 2.02. The van der Waals surface area contributed by atoms with Crippen LogP contribution < -0.4 is 5.32 Å². The Morgan fingerprint density at radius 3 is 2.55 bits per heavy atom. The zero-order valence-corrected chi connectivity index (χ0v) is 13.5. The highest BCUT2D eigenvalue weighted by atomic mass is 35.5. The standard InChI is InChI=1S/C17H20ClNS/c1-3-19-13(2)16-10-9-15(11-17(16)18)20-12-14-7-5-4-6-8-14/h4-11,13,19H,3,12H2,1-2H3. The van der Waals surface area contributed by atoms with Gasteiger partial charge in [-0.25, -0.2) is 0 Å². The Morgan fingerprint density at radius 1 is 1.15 bits per heavy atom. The third-order valence-electron chi connectivity index (χ3n) is 3.20. The molecule has 1 nitrogen and oxygen atoms in total. The monoisotopic (exact) mass is 305 g/mol. The van der Waals surface area contributed by atoms with Crippen LogP contribution in [0.5, 0.6) is 0 Å². The van der Waals surface area contributed by atoms with Crippen molar-refractivity contribution in [1.82, 2.24) is 5.32 Å². The minimum atomic E-state index is 0.292. The first-order chi connectivity index (χ1) is 9.70. The molecule has 2 aromatic carbocycles. The van der Waals surface area contributed by atoms with Gasteiger partial charge in [0.05, 0.1) is 0 Å². The zero-order chi connectivity index (χ0) is 14.4. The van der Waals surface area contributed by atoms with Crippen molar-refractivity contribution in [3.8, 4) is 0 Å². The van der Waals surface area contributed by atoms with E-state index < -0.39 is 0 Å². The van der Waals surface area contributed by atoms with Crippen LogP contribution >= 0.6 is 23.4 Å². The highest BCUT2D eigenvalue weighted by molar-refractivity contribution is 7.98. The molecule has 3 heteroatoms. The van der Waals surface area contributed by atoms with Crippen molar-refractivity contribution in [3.05, 3.63) is 64.7 Å². The topological polar surface area (TPSA) is 12.0 Å². The quantitative estimate of drug-likeness (QED) is 0.727. The SMILES string of the molecule is CCNC(C)c1ccc(SCc2ccccc2)cc1Cl. The lowest BCUT2D eigenvalue weighted by Crippen LogP contribution is -2.17. The second-order valence-corrected chi connectivity index (χ2v) is 6.19. The lowest BCUT2D eigenvalue weighted by molar-refractivity contribution is 0.598. The molecular formula is C17H20ClNS. The molecule has 0 heterocycles. The molecule has 2 aromatic rings. The lowest BCUT2D eigenvalue weighted by Gasteiger charge is -2.15. The Morgan fingerprint density at radius 2 is 1.90 bits per heavy atom. The van der Waals surface area contributed by atoms with Gasteiger partial charge in [-0.15, -0.1) is 11.8 Å². The number of thioether (sulfide) groups is 1. The number of hydrogen-bond acceptors (Lipinski definition) is 2. The minimum Gasteiger partial charge on any atom is -0.310 e. The first kappa shape index (κ1) is 15.4. The fourth-order valence-electron chi connectivity index (χ4n) is 2.11. The van der Waals surface area contributed by atoms with Crippen molar-refractivity contribution in [1.29, 1.82) is 0 Å². The van der Waals surface area contributed by atoms with Crippen molar-refractivity contribution in [2.45, 2.75) is 30.5 Å². The molecule has 0 aliphatic carbocycles. The molecule has 1 N–H and O–H groups in total. The van der Waals surface area contributed by atoms with E-state index in [4.69, 9.17) is 11.6 Å². The van der Waals surface area contributed by atoms with Gasteiger partial charge in [0.15, 0.2) is 0 Å². The molecule has 106 valence electrons. The third-order valence-corrected chi connectivity index (χ3v) is 4.59. The summed E-state index contributed by atoms with van der Waals surface area (Å²) >= 11 is 8.21. The summed E-state index contributed by atoms with van der Waals surface area (Å²) in [5.41, 5.74) is 2.50. The van der Waals surface area contributed by atoms with E-state index in [1.807, 2.05) is 17.8 Å². The molecule has 0 bridgehead atoms. The van der Waals surface area contributed by atoms with Crippen LogP contribution in [0.25, 0.3) is 0 Å². The van der Waals surface area contributed by atoms with Gasteiger partial charge in [-0.3, -0.25) is 0 Å². The van der Waals surface area contributed by atoms with Crippen LogP contribution in [0.1, 0.15) is 31.0 Å². The highest BCUT2D eigenvalue weighted by Crippen LogP contribution is 2.30. The van der Waals surface area contributed by atoms with E-state index in [2.05, 4.69) is 61.6 Å². The fraction of sp³-hybridized carbons (Fsp3) is 0.294. The summed E-state index contributed by atoms with van der Waals surface area (Å²) in [4.78, 5) is 1.21. The molecule has 0 aliphatic rings. The number of halogens is 1. The molecule has 0 aromatic heterocycles. The van der Waals surface area contributed by atoms with E-state index in [9.17, 15) is 0 Å². The summed E-state index contributed by atoms with van der Waals surface area (Å²) in [5, 5.41) is 4.23. The summed E-state index contributed by atoms with van der Waals surface area (Å²) in [6, 6.07) is 17.1. The molecule has 0 amide bonds. The van der Waals surface area contributed by atoms with Gasteiger partial charge in [-0.2, -0.15) is 0 Å². The maximum atomic E-state index is 6.39. The van der Waals surface area contributed by atoms with Crippen LogP contribution in [0.4, 0.5) is 0 Å². The van der Waals surface area contributed by atoms with Crippen molar-refractivity contribution >= 4 is 23.4 Å². The van der Waals surface area contributed by atoms with Gasteiger partial charge in [0.25, 0.3) is 0 Å². The first-order valence-corrected chi connectivity index (χ1v) is 8.26. The molecule has 0 radical (unpaired) electrons. The van der Waals surface area contributed by atoms with E-state index in [0.29, 0.717) is 6.04 Å². The van der Waals surface area contributed by atoms with Crippen LogP contribution in [0, 0.1) is 0 Å². The summed E-state index contributed by atoms with van der Waals surface area (Å²) in [5.74, 6) is 0.972. The van der Waals surface area contributed by atoms with Crippen LogP contribution in [0.2, 0.25) is 5.02 Å². The Kier molecular flexibility index (Phi) is 5.96. The number of benzene rings is 2. The van der Waals surface area contributed by atoms with Crippen LogP contribution in [0.15, 0.2) is 53.4 Å². The average molecular weight is 306 g/mol. The molecule has 2 rings (SSSR count). The normalized spacial score (nSPS) is 12.3. The number of hydrogen-bond donors (Lipinski definition) is 1. The minimum absolute atomic E-state index is 0.292. The van der Waals surface area contributed by atoms with Crippen molar-refractivity contribution in [2.75, 3.05) is 6.54 Å². The lowest BCUT2D eigenvalue weighted by atomic mass is 10.1. The van der Waals surface area contributed by atoms with Crippen molar-refractivity contribution in [2.24, 2.45) is 0 Å². The molecule has 1 unspecified atom stereocenters. The summed E-state index contributed by atoms with van der Waals surface area (Å²) in [7, 11) is 0. The largest absolute Gasteiger partial charge is 0.310 e. The third kappa shape index (κ3) is 4.27. The fourth-order valence-corrected chi connectivity index (χ4v) is 3.41. The van der Waals surface area contributed by atoms with Gasteiger partial charge in [0.1, 0.15) is 0 Å². The number of rotatable bonds is 6. The van der Waals surface area contributed by atoms with Gasteiger partial charge in [0, 0.05) is 21.7 Å². The predicted molar refractivity (Wildman–Crippen MR) is 89.5 cm³/mol. The maximum Gasteiger partial charge on any atom is 0.0464 e. The van der Waals surface area contributed by atoms with Gasteiger partial charge in [0.2, 0.25) is 0 Å². The Hall–Kier alpha value is -0.960. The molecule has 0 aliphatic heterocycles. The maximum absolute atomic E-state index is 6.39. The van der Waals surface area contributed by atoms with Crippen molar-refractivity contribution in [3.63, 3.8) is 0 Å². The summed E-state index contributed by atoms with van der Waals surface area (Å²) in [6.07, 6.45) is 0. The van der Waals surface area contributed by atoms with Gasteiger partial charge >= 0.3 is 0 Å². The Labute approximate surface area is 130 Å². The predicted octanol–water partition coefficient (Wildman–Crippen LogP) is 5.30. The van der Waals surface area contributed by atoms with Crippen LogP contribution in [-0.2, 0) is 5.75 Å². The van der Waals surface area contributed by atoms with Gasteiger partial charge in [-0.1, -0.05) is 54.9 Å². The molecule has 1 atom stereocenters. The summed E-state index contributed by atoms with van der Waals surface area (Å²) < 4.78 is 0. The van der Waals surface area contributed by atoms with Crippen molar-refractivity contribution < 1.29 is 0 Å². The van der Waals surface area contributed by atoms with Crippen LogP contribution in [-0.4, -0.2) is 6.54 Å². The second-order valence-electron chi connectivity index (χ2n) is 4.74. The second kappa shape index (κ2) is 7.72. The first-order valence-electron chi connectivity index (χ1n) is 6.90. The Bertz CT molecular complexity index is 542.